The number of hydrogen-bond donors (Lipinski definition) is 0. The van der Waals surface area contributed by atoms with Crippen LogP contribution in [0.3, 0.4) is 0 Å². The maximum atomic E-state index is 12.3. The fraction of sp³-hybridized carbons (Fsp3) is 0.188. The van der Waals surface area contributed by atoms with Crippen molar-refractivity contribution >= 4 is 21.7 Å². The van der Waals surface area contributed by atoms with Gasteiger partial charge in [-0.25, -0.2) is 8.42 Å². The summed E-state index contributed by atoms with van der Waals surface area (Å²) in [5, 5.41) is 10.7. The first-order valence-electron chi connectivity index (χ1n) is 7.21. The van der Waals surface area contributed by atoms with Gasteiger partial charge >= 0.3 is 5.97 Å². The van der Waals surface area contributed by atoms with Crippen LogP contribution in [-0.2, 0) is 26.2 Å². The molecule has 0 amide bonds. The van der Waals surface area contributed by atoms with Gasteiger partial charge in [-0.1, -0.05) is 30.3 Å². The molecule has 8 nitrogen and oxygen atoms in total. The number of hydrogen-bond acceptors (Lipinski definition) is 6. The molecule has 0 aliphatic carbocycles. The average Bonchev–Trinajstić information content (AvgIpc) is 2.61. The highest BCUT2D eigenvalue weighted by molar-refractivity contribution is 7.89. The number of nitrogens with zero attached hydrogens (tertiary/aromatic N) is 2. The zero-order chi connectivity index (χ0) is 18.4. The third-order valence-electron chi connectivity index (χ3n) is 3.32. The molecule has 2 aromatic rings. The van der Waals surface area contributed by atoms with Crippen LogP contribution in [-0.4, -0.2) is 37.2 Å². The van der Waals surface area contributed by atoms with Crippen LogP contribution < -0.4 is 0 Å². The molecular weight excluding hydrogens is 348 g/mol. The van der Waals surface area contributed by atoms with E-state index < -0.39 is 27.5 Å². The predicted molar refractivity (Wildman–Crippen MR) is 89.2 cm³/mol. The van der Waals surface area contributed by atoms with Crippen LogP contribution >= 0.6 is 0 Å². The molecule has 0 unspecified atom stereocenters. The van der Waals surface area contributed by atoms with Gasteiger partial charge in [-0.3, -0.25) is 14.9 Å². The predicted octanol–water partition coefficient (Wildman–Crippen LogP) is 1.96. The number of nitro groups is 1. The van der Waals surface area contributed by atoms with E-state index in [9.17, 15) is 23.3 Å². The molecule has 0 atom stereocenters. The van der Waals surface area contributed by atoms with E-state index in [2.05, 4.69) is 0 Å². The van der Waals surface area contributed by atoms with Crippen LogP contribution in [0, 0.1) is 10.1 Å². The first kappa shape index (κ1) is 18.6. The summed E-state index contributed by atoms with van der Waals surface area (Å²) < 4.78 is 30.5. The number of esters is 1. The lowest BCUT2D eigenvalue weighted by molar-refractivity contribution is -0.384. The Morgan fingerprint density at radius 2 is 1.84 bits per heavy atom. The summed E-state index contributed by atoms with van der Waals surface area (Å²) in [5.41, 5.74) is 0.327. The monoisotopic (exact) mass is 364 g/mol. The molecule has 0 aromatic heterocycles. The standard InChI is InChI=1S/C16H16N2O6S/c1-17(25(22,23)15-8-3-2-4-9-15)11-16(19)24-12-13-6-5-7-14(10-13)18(20)21/h2-10H,11-12H2,1H3. The lowest BCUT2D eigenvalue weighted by atomic mass is 10.2. The molecular formula is C16H16N2O6S. The molecule has 0 saturated heterocycles. The fourth-order valence-electron chi connectivity index (χ4n) is 2.01. The quantitative estimate of drug-likeness (QED) is 0.422. The van der Waals surface area contributed by atoms with Gasteiger partial charge in [0.15, 0.2) is 0 Å². The number of sulfonamides is 1. The van der Waals surface area contributed by atoms with E-state index >= 15 is 0 Å². The Bertz CT molecular complexity index is 867. The molecule has 0 saturated carbocycles. The van der Waals surface area contributed by atoms with Crippen molar-refractivity contribution in [3.8, 4) is 0 Å². The van der Waals surface area contributed by atoms with Crippen molar-refractivity contribution in [1.29, 1.82) is 0 Å². The maximum absolute atomic E-state index is 12.3. The molecule has 0 spiro atoms. The van der Waals surface area contributed by atoms with Crippen molar-refractivity contribution in [2.24, 2.45) is 0 Å². The smallest absolute Gasteiger partial charge is 0.321 e. The highest BCUT2D eigenvalue weighted by Crippen LogP contribution is 2.15. The normalized spacial score (nSPS) is 11.3. The number of carbonyl (C=O) groups is 1. The van der Waals surface area contributed by atoms with Gasteiger partial charge in [-0.15, -0.1) is 0 Å². The van der Waals surface area contributed by atoms with Gasteiger partial charge in [0.1, 0.15) is 13.2 Å². The van der Waals surface area contributed by atoms with E-state index in [0.29, 0.717) is 5.56 Å². The van der Waals surface area contributed by atoms with E-state index in [1.165, 1.54) is 37.4 Å². The topological polar surface area (TPSA) is 107 Å². The molecule has 0 fully saturated rings. The van der Waals surface area contributed by atoms with E-state index in [1.807, 2.05) is 0 Å². The summed E-state index contributed by atoms with van der Waals surface area (Å²) >= 11 is 0. The molecule has 25 heavy (non-hydrogen) atoms. The highest BCUT2D eigenvalue weighted by Gasteiger charge is 2.23. The van der Waals surface area contributed by atoms with Crippen LogP contribution in [0.15, 0.2) is 59.5 Å². The van der Waals surface area contributed by atoms with E-state index in [1.54, 1.807) is 24.3 Å². The molecule has 0 aliphatic rings. The lowest BCUT2D eigenvalue weighted by Gasteiger charge is -2.16. The first-order chi connectivity index (χ1) is 11.8. The minimum atomic E-state index is -3.79. The Labute approximate surface area is 144 Å². The molecule has 132 valence electrons. The second-order valence-corrected chi connectivity index (χ2v) is 7.21. The molecule has 0 aliphatic heterocycles. The third-order valence-corrected chi connectivity index (χ3v) is 5.14. The summed E-state index contributed by atoms with van der Waals surface area (Å²) in [6, 6.07) is 13.4. The minimum Gasteiger partial charge on any atom is -0.460 e. The molecule has 2 aromatic carbocycles. The van der Waals surface area contributed by atoms with E-state index in [4.69, 9.17) is 4.74 Å². The summed E-state index contributed by atoms with van der Waals surface area (Å²) in [7, 11) is -2.52. The zero-order valence-electron chi connectivity index (χ0n) is 13.4. The number of likely N-dealkylation sites (N-methyl/N-ethyl adjacent to an activating group) is 1. The second kappa shape index (κ2) is 7.86. The Hall–Kier alpha value is -2.78. The van der Waals surface area contributed by atoms with Crippen molar-refractivity contribution in [3.63, 3.8) is 0 Å². The van der Waals surface area contributed by atoms with Crippen LogP contribution in [0.4, 0.5) is 5.69 Å². The van der Waals surface area contributed by atoms with Gasteiger partial charge < -0.3 is 4.74 Å². The number of benzene rings is 2. The van der Waals surface area contributed by atoms with Gasteiger partial charge in [-0.2, -0.15) is 4.31 Å². The Kier molecular flexibility index (Phi) is 5.84. The Morgan fingerprint density at radius 1 is 1.16 bits per heavy atom. The number of carbonyl (C=O) groups excluding carboxylic acids is 1. The maximum Gasteiger partial charge on any atom is 0.321 e. The second-order valence-electron chi connectivity index (χ2n) is 5.16. The van der Waals surface area contributed by atoms with Gasteiger partial charge in [0.05, 0.1) is 9.82 Å². The summed E-state index contributed by atoms with van der Waals surface area (Å²) in [4.78, 5) is 22.1. The van der Waals surface area contributed by atoms with Gasteiger partial charge in [0.2, 0.25) is 10.0 Å². The van der Waals surface area contributed by atoms with Crippen molar-refractivity contribution in [2.75, 3.05) is 13.6 Å². The van der Waals surface area contributed by atoms with Crippen LogP contribution in [0.1, 0.15) is 5.56 Å². The zero-order valence-corrected chi connectivity index (χ0v) is 14.2. The number of nitro benzene ring substituents is 1. The minimum absolute atomic E-state index is 0.0731. The van der Waals surface area contributed by atoms with Crippen molar-refractivity contribution < 1.29 is 22.9 Å². The molecule has 0 bridgehead atoms. The Morgan fingerprint density at radius 3 is 2.48 bits per heavy atom. The SMILES string of the molecule is CN(CC(=O)OCc1cccc([N+](=O)[O-])c1)S(=O)(=O)c1ccccc1. The van der Waals surface area contributed by atoms with Crippen molar-refractivity contribution in [3.05, 3.63) is 70.3 Å². The van der Waals surface area contributed by atoms with Crippen LogP contribution in [0.25, 0.3) is 0 Å². The lowest BCUT2D eigenvalue weighted by Crippen LogP contribution is -2.33. The summed E-state index contributed by atoms with van der Waals surface area (Å²) in [6.45, 7) is -0.647. The Balaban J connectivity index is 1.96. The van der Waals surface area contributed by atoms with Crippen molar-refractivity contribution in [2.45, 2.75) is 11.5 Å². The van der Waals surface area contributed by atoms with Crippen molar-refractivity contribution in [1.82, 2.24) is 4.31 Å². The van der Waals surface area contributed by atoms with Gasteiger partial charge in [0.25, 0.3) is 5.69 Å². The van der Waals surface area contributed by atoms with Gasteiger partial charge in [0, 0.05) is 19.2 Å². The summed E-state index contributed by atoms with van der Waals surface area (Å²) in [5.74, 6) is -0.756. The number of rotatable bonds is 7. The molecule has 0 N–H and O–H groups in total. The third kappa shape index (κ3) is 4.85. The van der Waals surface area contributed by atoms with E-state index in [0.717, 1.165) is 4.31 Å². The largest absolute Gasteiger partial charge is 0.460 e. The van der Waals surface area contributed by atoms with Gasteiger partial charge in [-0.05, 0) is 17.7 Å². The molecule has 0 heterocycles. The fourth-order valence-corrected chi connectivity index (χ4v) is 3.14. The number of ether oxygens (including phenoxy) is 1. The average molecular weight is 364 g/mol. The van der Waals surface area contributed by atoms with E-state index in [-0.39, 0.29) is 17.2 Å². The molecule has 9 heteroatoms. The molecule has 2 rings (SSSR count). The van der Waals surface area contributed by atoms with Crippen LogP contribution in [0.5, 0.6) is 0 Å². The molecule has 0 radical (unpaired) electrons. The van der Waals surface area contributed by atoms with Crippen LogP contribution in [0.2, 0.25) is 0 Å². The first-order valence-corrected chi connectivity index (χ1v) is 8.65. The number of non-ortho nitro benzene ring substituents is 1. The summed E-state index contributed by atoms with van der Waals surface area (Å²) in [6.07, 6.45) is 0. The highest BCUT2D eigenvalue weighted by atomic mass is 32.2.